The Morgan fingerprint density at radius 3 is 2.00 bits per heavy atom. The summed E-state index contributed by atoms with van der Waals surface area (Å²) in [5, 5.41) is 0. The van der Waals surface area contributed by atoms with Gasteiger partial charge in [-0.05, 0) is 31.5 Å². The zero-order chi connectivity index (χ0) is 11.3. The van der Waals surface area contributed by atoms with E-state index in [0.717, 1.165) is 5.75 Å². The van der Waals surface area contributed by atoms with E-state index in [1.54, 1.807) is 24.3 Å². The average molecular weight is 206 g/mol. The molecule has 0 N–H and O–H groups in total. The van der Waals surface area contributed by atoms with Gasteiger partial charge >= 0.3 is 0 Å². The summed E-state index contributed by atoms with van der Waals surface area (Å²) in [5.74, 6) is 0.0717. The molecular formula is C12H14O3. The van der Waals surface area contributed by atoms with E-state index >= 15 is 0 Å². The van der Waals surface area contributed by atoms with Crippen LogP contribution in [0.3, 0.4) is 0 Å². The van der Waals surface area contributed by atoms with E-state index in [1.807, 2.05) is 13.8 Å². The van der Waals surface area contributed by atoms with Crippen LogP contribution in [0.4, 0.5) is 0 Å². The van der Waals surface area contributed by atoms with Gasteiger partial charge in [-0.25, -0.2) is 0 Å². The molecule has 1 aromatic carbocycles. The van der Waals surface area contributed by atoms with E-state index in [0.29, 0.717) is 18.1 Å². The minimum absolute atomic E-state index is 0.115. The van der Waals surface area contributed by atoms with Crippen LogP contribution in [0.5, 0.6) is 5.75 Å². The van der Waals surface area contributed by atoms with Crippen molar-refractivity contribution in [2.75, 3.05) is 0 Å². The minimum atomic E-state index is -0.668. The van der Waals surface area contributed by atoms with Gasteiger partial charge in [0.1, 0.15) is 18.3 Å². The lowest BCUT2D eigenvalue weighted by atomic mass is 10.0. The van der Waals surface area contributed by atoms with Crippen LogP contribution in [0.1, 0.15) is 25.3 Å². The summed E-state index contributed by atoms with van der Waals surface area (Å²) in [5.41, 5.74) is 0.691. The molecule has 15 heavy (non-hydrogen) atoms. The van der Waals surface area contributed by atoms with Gasteiger partial charge in [0.15, 0.2) is 0 Å². The van der Waals surface area contributed by atoms with Crippen molar-refractivity contribution in [2.45, 2.75) is 25.9 Å². The molecule has 0 spiro atoms. The van der Waals surface area contributed by atoms with Gasteiger partial charge in [0.05, 0.1) is 12.0 Å². The Morgan fingerprint density at radius 2 is 1.60 bits per heavy atom. The van der Waals surface area contributed by atoms with Crippen LogP contribution in [0.2, 0.25) is 0 Å². The van der Waals surface area contributed by atoms with Crippen LogP contribution >= 0.6 is 0 Å². The second-order valence-electron chi connectivity index (χ2n) is 3.53. The van der Waals surface area contributed by atoms with Gasteiger partial charge < -0.3 is 14.3 Å². The zero-order valence-corrected chi connectivity index (χ0v) is 8.84. The van der Waals surface area contributed by atoms with Crippen molar-refractivity contribution >= 4 is 12.6 Å². The summed E-state index contributed by atoms with van der Waals surface area (Å²) < 4.78 is 5.44. The first kappa shape index (κ1) is 11.4. The van der Waals surface area contributed by atoms with Crippen LogP contribution in [0.25, 0.3) is 0 Å². The van der Waals surface area contributed by atoms with Gasteiger partial charge in [-0.15, -0.1) is 0 Å². The molecule has 0 atom stereocenters. The van der Waals surface area contributed by atoms with Crippen molar-refractivity contribution in [3.63, 3.8) is 0 Å². The number of carbonyl (C=O) groups excluding carboxylic acids is 2. The highest BCUT2D eigenvalue weighted by atomic mass is 16.5. The number of aldehydes is 2. The molecule has 3 nitrogen and oxygen atoms in total. The predicted molar refractivity (Wildman–Crippen MR) is 57.1 cm³/mol. The smallest absolute Gasteiger partial charge is 0.134 e. The van der Waals surface area contributed by atoms with E-state index in [9.17, 15) is 9.59 Å². The lowest BCUT2D eigenvalue weighted by Gasteiger charge is -2.10. The fourth-order valence-corrected chi connectivity index (χ4v) is 1.23. The molecule has 80 valence electrons. The summed E-state index contributed by atoms with van der Waals surface area (Å²) in [6.07, 6.45) is 1.38. The second-order valence-corrected chi connectivity index (χ2v) is 3.53. The molecule has 0 aromatic heterocycles. The van der Waals surface area contributed by atoms with Crippen molar-refractivity contribution in [1.29, 1.82) is 0 Å². The Morgan fingerprint density at radius 1 is 1.07 bits per heavy atom. The number of hydrogen-bond acceptors (Lipinski definition) is 3. The molecule has 1 rings (SSSR count). The van der Waals surface area contributed by atoms with E-state index in [1.165, 1.54) is 0 Å². The summed E-state index contributed by atoms with van der Waals surface area (Å²) in [6, 6.07) is 6.97. The number of carbonyl (C=O) groups is 2. The third kappa shape index (κ3) is 3.20. The first-order valence-corrected chi connectivity index (χ1v) is 4.84. The molecule has 0 unspecified atom stereocenters. The van der Waals surface area contributed by atoms with E-state index in [2.05, 4.69) is 0 Å². The number of hydrogen-bond donors (Lipinski definition) is 0. The fraction of sp³-hybridized carbons (Fsp3) is 0.333. The van der Waals surface area contributed by atoms with Crippen LogP contribution < -0.4 is 4.74 Å². The monoisotopic (exact) mass is 206 g/mol. The summed E-state index contributed by atoms with van der Waals surface area (Å²) in [4.78, 5) is 21.1. The third-order valence-corrected chi connectivity index (χ3v) is 1.93. The predicted octanol–water partition coefficient (Wildman–Crippen LogP) is 1.96. The lowest BCUT2D eigenvalue weighted by Crippen LogP contribution is -2.06. The molecule has 0 amide bonds. The first-order chi connectivity index (χ1) is 7.17. The Balaban J connectivity index is 2.79. The maximum atomic E-state index is 10.5. The molecule has 1 aromatic rings. The van der Waals surface area contributed by atoms with Crippen molar-refractivity contribution in [3.05, 3.63) is 29.8 Å². The SMILES string of the molecule is CC(C)Oc1ccc(C(C=O)C=O)cc1. The highest BCUT2D eigenvalue weighted by Gasteiger charge is 2.08. The van der Waals surface area contributed by atoms with Crippen molar-refractivity contribution < 1.29 is 14.3 Å². The van der Waals surface area contributed by atoms with Gasteiger partial charge in [0.25, 0.3) is 0 Å². The molecule has 0 aliphatic heterocycles. The van der Waals surface area contributed by atoms with Crippen molar-refractivity contribution in [1.82, 2.24) is 0 Å². The molecule has 0 bridgehead atoms. The molecule has 0 radical (unpaired) electrons. The quantitative estimate of drug-likeness (QED) is 0.546. The largest absolute Gasteiger partial charge is 0.491 e. The number of ether oxygens (including phenoxy) is 1. The van der Waals surface area contributed by atoms with Gasteiger partial charge in [0, 0.05) is 0 Å². The van der Waals surface area contributed by atoms with Crippen LogP contribution in [0, 0.1) is 0 Å². The average Bonchev–Trinajstić information content (AvgIpc) is 2.21. The molecule has 0 aliphatic carbocycles. The number of rotatable bonds is 5. The van der Waals surface area contributed by atoms with Crippen LogP contribution in [-0.4, -0.2) is 18.7 Å². The van der Waals surface area contributed by atoms with E-state index in [4.69, 9.17) is 4.74 Å². The molecule has 0 saturated heterocycles. The highest BCUT2D eigenvalue weighted by Crippen LogP contribution is 2.17. The zero-order valence-electron chi connectivity index (χ0n) is 8.84. The minimum Gasteiger partial charge on any atom is -0.491 e. The molecular weight excluding hydrogens is 192 g/mol. The lowest BCUT2D eigenvalue weighted by molar-refractivity contribution is -0.116. The summed E-state index contributed by atoms with van der Waals surface area (Å²) in [7, 11) is 0. The van der Waals surface area contributed by atoms with Gasteiger partial charge in [-0.3, -0.25) is 0 Å². The van der Waals surface area contributed by atoms with E-state index < -0.39 is 5.92 Å². The van der Waals surface area contributed by atoms with Crippen LogP contribution in [-0.2, 0) is 9.59 Å². The summed E-state index contributed by atoms with van der Waals surface area (Å²) in [6.45, 7) is 3.88. The first-order valence-electron chi connectivity index (χ1n) is 4.84. The number of benzene rings is 1. The maximum absolute atomic E-state index is 10.5. The Bertz CT molecular complexity index is 319. The molecule has 0 aliphatic rings. The van der Waals surface area contributed by atoms with Crippen molar-refractivity contribution in [3.8, 4) is 5.75 Å². The highest BCUT2D eigenvalue weighted by molar-refractivity contribution is 5.84. The van der Waals surface area contributed by atoms with Crippen LogP contribution in [0.15, 0.2) is 24.3 Å². The normalized spacial score (nSPS) is 10.4. The van der Waals surface area contributed by atoms with Gasteiger partial charge in [0.2, 0.25) is 0 Å². The Kier molecular flexibility index (Phi) is 4.03. The molecule has 0 fully saturated rings. The topological polar surface area (TPSA) is 43.4 Å². The van der Waals surface area contributed by atoms with Gasteiger partial charge in [-0.1, -0.05) is 12.1 Å². The second kappa shape index (κ2) is 5.29. The summed E-state index contributed by atoms with van der Waals surface area (Å²) >= 11 is 0. The molecule has 0 heterocycles. The fourth-order valence-electron chi connectivity index (χ4n) is 1.23. The Labute approximate surface area is 89.1 Å². The van der Waals surface area contributed by atoms with Gasteiger partial charge in [-0.2, -0.15) is 0 Å². The standard InChI is InChI=1S/C12H14O3/c1-9(2)15-12-5-3-10(4-6-12)11(7-13)8-14/h3-9,11H,1-2H3. The Hall–Kier alpha value is -1.64. The van der Waals surface area contributed by atoms with Crippen molar-refractivity contribution in [2.24, 2.45) is 0 Å². The molecule has 3 heteroatoms. The maximum Gasteiger partial charge on any atom is 0.134 e. The third-order valence-electron chi connectivity index (χ3n) is 1.93. The van der Waals surface area contributed by atoms with E-state index in [-0.39, 0.29) is 6.10 Å². The molecule has 0 saturated carbocycles.